The molecule has 5 heteroatoms. The summed E-state index contributed by atoms with van der Waals surface area (Å²) in [7, 11) is 0. The third-order valence-electron chi connectivity index (χ3n) is 2.11. The highest BCUT2D eigenvalue weighted by Gasteiger charge is 2.15. The number of rotatable bonds is 2. The third-order valence-corrected chi connectivity index (χ3v) is 2.40. The molecular formula is C9H10ClN3O. The third kappa shape index (κ3) is 1.37. The second kappa shape index (κ2) is 3.38. The van der Waals surface area contributed by atoms with Gasteiger partial charge >= 0.3 is 0 Å². The number of nitrogens with two attached hydrogens (primary N) is 1. The SMILES string of the molecule is CC(c1ccco1)n1ncc(Cl)c1N. The quantitative estimate of drug-likeness (QED) is 0.830. The smallest absolute Gasteiger partial charge is 0.141 e. The van der Waals surface area contributed by atoms with Crippen LogP contribution >= 0.6 is 11.6 Å². The first-order valence-corrected chi connectivity index (χ1v) is 4.60. The van der Waals surface area contributed by atoms with Crippen LogP contribution in [0.4, 0.5) is 5.82 Å². The largest absolute Gasteiger partial charge is 0.467 e. The second-order valence-corrected chi connectivity index (χ2v) is 3.42. The van der Waals surface area contributed by atoms with Crippen LogP contribution in [0.2, 0.25) is 5.02 Å². The summed E-state index contributed by atoms with van der Waals surface area (Å²) < 4.78 is 6.88. The Morgan fingerprint density at radius 2 is 2.43 bits per heavy atom. The van der Waals surface area contributed by atoms with Gasteiger partial charge in [0.1, 0.15) is 22.6 Å². The number of nitrogen functional groups attached to an aromatic ring is 1. The highest BCUT2D eigenvalue weighted by atomic mass is 35.5. The molecule has 1 unspecified atom stereocenters. The van der Waals surface area contributed by atoms with Gasteiger partial charge in [-0.05, 0) is 19.1 Å². The van der Waals surface area contributed by atoms with Crippen molar-refractivity contribution >= 4 is 17.4 Å². The van der Waals surface area contributed by atoms with Crippen molar-refractivity contribution in [2.75, 3.05) is 5.73 Å². The van der Waals surface area contributed by atoms with Gasteiger partial charge in [0.2, 0.25) is 0 Å². The Morgan fingerprint density at radius 3 is 2.93 bits per heavy atom. The lowest BCUT2D eigenvalue weighted by atomic mass is 10.2. The van der Waals surface area contributed by atoms with E-state index in [1.807, 2.05) is 19.1 Å². The van der Waals surface area contributed by atoms with Gasteiger partial charge < -0.3 is 10.2 Å². The van der Waals surface area contributed by atoms with E-state index in [1.165, 1.54) is 6.20 Å². The van der Waals surface area contributed by atoms with Crippen molar-refractivity contribution in [2.24, 2.45) is 0 Å². The van der Waals surface area contributed by atoms with Crippen LogP contribution in [0, 0.1) is 0 Å². The predicted molar refractivity (Wildman–Crippen MR) is 54.2 cm³/mol. The molecule has 2 aromatic rings. The van der Waals surface area contributed by atoms with Gasteiger partial charge in [-0.15, -0.1) is 0 Å². The number of aromatic nitrogens is 2. The van der Waals surface area contributed by atoms with Gasteiger partial charge in [0.25, 0.3) is 0 Å². The number of anilines is 1. The molecule has 1 atom stereocenters. The van der Waals surface area contributed by atoms with Gasteiger partial charge in [0.05, 0.1) is 12.5 Å². The highest BCUT2D eigenvalue weighted by Crippen LogP contribution is 2.25. The maximum absolute atomic E-state index is 5.80. The monoisotopic (exact) mass is 211 g/mol. The Balaban J connectivity index is 2.36. The number of hydrogen-bond acceptors (Lipinski definition) is 3. The Hall–Kier alpha value is -1.42. The first-order valence-electron chi connectivity index (χ1n) is 4.22. The fourth-order valence-corrected chi connectivity index (χ4v) is 1.44. The number of hydrogen-bond donors (Lipinski definition) is 1. The maximum atomic E-state index is 5.80. The summed E-state index contributed by atoms with van der Waals surface area (Å²) in [6, 6.07) is 3.66. The van der Waals surface area contributed by atoms with Crippen molar-refractivity contribution in [1.29, 1.82) is 0 Å². The molecule has 0 saturated heterocycles. The Bertz CT molecular complexity index is 421. The molecule has 2 heterocycles. The first-order chi connectivity index (χ1) is 6.70. The minimum Gasteiger partial charge on any atom is -0.467 e. The van der Waals surface area contributed by atoms with Gasteiger partial charge in [0, 0.05) is 0 Å². The molecule has 0 fully saturated rings. The average molecular weight is 212 g/mol. The fourth-order valence-electron chi connectivity index (χ4n) is 1.31. The van der Waals surface area contributed by atoms with Crippen molar-refractivity contribution in [3.63, 3.8) is 0 Å². The van der Waals surface area contributed by atoms with Gasteiger partial charge in [-0.3, -0.25) is 0 Å². The van der Waals surface area contributed by atoms with E-state index in [-0.39, 0.29) is 6.04 Å². The molecule has 2 aromatic heterocycles. The van der Waals surface area contributed by atoms with E-state index in [0.29, 0.717) is 10.8 Å². The summed E-state index contributed by atoms with van der Waals surface area (Å²) in [5.74, 6) is 1.26. The summed E-state index contributed by atoms with van der Waals surface area (Å²) in [4.78, 5) is 0. The van der Waals surface area contributed by atoms with Crippen LogP contribution in [0.1, 0.15) is 18.7 Å². The Labute approximate surface area is 86.3 Å². The zero-order chi connectivity index (χ0) is 10.1. The molecular weight excluding hydrogens is 202 g/mol. The molecule has 2 rings (SSSR count). The molecule has 0 amide bonds. The summed E-state index contributed by atoms with van der Waals surface area (Å²) in [6.45, 7) is 1.94. The first kappa shape index (κ1) is 9.15. The van der Waals surface area contributed by atoms with E-state index in [2.05, 4.69) is 5.10 Å². The minimum absolute atomic E-state index is 0.0440. The van der Waals surface area contributed by atoms with Crippen LogP contribution in [0.15, 0.2) is 29.0 Å². The van der Waals surface area contributed by atoms with Crippen LogP contribution in [0.3, 0.4) is 0 Å². The van der Waals surface area contributed by atoms with Gasteiger partial charge in [-0.25, -0.2) is 4.68 Å². The van der Waals surface area contributed by atoms with E-state index in [0.717, 1.165) is 5.76 Å². The molecule has 0 aliphatic carbocycles. The Kier molecular flexibility index (Phi) is 2.21. The summed E-state index contributed by atoms with van der Waals surface area (Å²) >= 11 is 5.80. The van der Waals surface area contributed by atoms with Crippen molar-refractivity contribution in [3.8, 4) is 0 Å². The lowest BCUT2D eigenvalue weighted by Crippen LogP contribution is -2.10. The van der Waals surface area contributed by atoms with E-state index in [4.69, 9.17) is 21.8 Å². The van der Waals surface area contributed by atoms with Crippen LogP contribution < -0.4 is 5.73 Å². The van der Waals surface area contributed by atoms with Gasteiger partial charge in [-0.1, -0.05) is 11.6 Å². The number of furan rings is 1. The summed E-state index contributed by atoms with van der Waals surface area (Å²) in [6.07, 6.45) is 3.14. The average Bonchev–Trinajstić information content (AvgIpc) is 2.77. The predicted octanol–water partition coefficient (Wildman–Crippen LogP) is 2.32. The molecule has 0 aliphatic heterocycles. The zero-order valence-electron chi connectivity index (χ0n) is 7.64. The lowest BCUT2D eigenvalue weighted by molar-refractivity contribution is 0.428. The minimum atomic E-state index is -0.0440. The molecule has 74 valence electrons. The van der Waals surface area contributed by atoms with Crippen molar-refractivity contribution < 1.29 is 4.42 Å². The van der Waals surface area contributed by atoms with E-state index in [1.54, 1.807) is 10.9 Å². The van der Waals surface area contributed by atoms with Crippen LogP contribution in [0.25, 0.3) is 0 Å². The number of halogens is 1. The molecule has 14 heavy (non-hydrogen) atoms. The molecule has 0 radical (unpaired) electrons. The van der Waals surface area contributed by atoms with E-state index in [9.17, 15) is 0 Å². The van der Waals surface area contributed by atoms with Crippen molar-refractivity contribution in [3.05, 3.63) is 35.4 Å². The van der Waals surface area contributed by atoms with Crippen LogP contribution in [-0.4, -0.2) is 9.78 Å². The topological polar surface area (TPSA) is 57.0 Å². The van der Waals surface area contributed by atoms with E-state index < -0.39 is 0 Å². The molecule has 0 aliphatic rings. The molecule has 2 N–H and O–H groups in total. The molecule has 0 saturated carbocycles. The van der Waals surface area contributed by atoms with Gasteiger partial charge in [0.15, 0.2) is 0 Å². The highest BCUT2D eigenvalue weighted by molar-refractivity contribution is 6.32. The summed E-state index contributed by atoms with van der Waals surface area (Å²) in [5, 5.41) is 4.53. The standard InChI is InChI=1S/C9H10ClN3O/c1-6(8-3-2-4-14-8)13-9(11)7(10)5-12-13/h2-6H,11H2,1H3. The zero-order valence-corrected chi connectivity index (χ0v) is 8.40. The van der Waals surface area contributed by atoms with Crippen molar-refractivity contribution in [1.82, 2.24) is 9.78 Å². The normalized spacial score (nSPS) is 13.0. The number of nitrogens with zero attached hydrogens (tertiary/aromatic N) is 2. The second-order valence-electron chi connectivity index (χ2n) is 3.01. The van der Waals surface area contributed by atoms with Crippen LogP contribution in [0.5, 0.6) is 0 Å². The molecule has 4 nitrogen and oxygen atoms in total. The fraction of sp³-hybridized carbons (Fsp3) is 0.222. The molecule has 0 bridgehead atoms. The lowest BCUT2D eigenvalue weighted by Gasteiger charge is -2.10. The summed E-state index contributed by atoms with van der Waals surface area (Å²) in [5.41, 5.74) is 5.74. The van der Waals surface area contributed by atoms with E-state index >= 15 is 0 Å². The van der Waals surface area contributed by atoms with Gasteiger partial charge in [-0.2, -0.15) is 5.10 Å². The maximum Gasteiger partial charge on any atom is 0.141 e. The molecule has 0 aromatic carbocycles. The van der Waals surface area contributed by atoms with Crippen molar-refractivity contribution in [2.45, 2.75) is 13.0 Å². The Morgan fingerprint density at radius 1 is 1.64 bits per heavy atom. The molecule has 0 spiro atoms. The van der Waals surface area contributed by atoms with Crippen LogP contribution in [-0.2, 0) is 0 Å².